The van der Waals surface area contributed by atoms with Gasteiger partial charge in [-0.2, -0.15) is 4.57 Å². The summed E-state index contributed by atoms with van der Waals surface area (Å²) in [6.07, 6.45) is 5.14. The minimum Gasteiger partial charge on any atom is -0.481 e. The van der Waals surface area contributed by atoms with Crippen molar-refractivity contribution in [3.63, 3.8) is 0 Å². The van der Waals surface area contributed by atoms with Crippen LogP contribution < -0.4 is 4.57 Å². The number of benzene rings is 1. The Labute approximate surface area is 119 Å². The van der Waals surface area contributed by atoms with Crippen LogP contribution in [-0.2, 0) is 11.3 Å². The summed E-state index contributed by atoms with van der Waals surface area (Å²) in [4.78, 5) is 10.5. The van der Waals surface area contributed by atoms with Gasteiger partial charge in [0.25, 0.3) is 0 Å². The Morgan fingerprint density at radius 3 is 2.70 bits per heavy atom. The Morgan fingerprint density at radius 1 is 1.15 bits per heavy atom. The zero-order chi connectivity index (χ0) is 14.5. The Morgan fingerprint density at radius 2 is 1.95 bits per heavy atom. The van der Waals surface area contributed by atoms with E-state index in [2.05, 4.69) is 48.9 Å². The molecule has 1 heterocycles. The summed E-state index contributed by atoms with van der Waals surface area (Å²) >= 11 is 0. The van der Waals surface area contributed by atoms with Gasteiger partial charge in [0, 0.05) is 30.4 Å². The van der Waals surface area contributed by atoms with Gasteiger partial charge in [0.2, 0.25) is 5.52 Å². The van der Waals surface area contributed by atoms with Gasteiger partial charge >= 0.3 is 5.97 Å². The van der Waals surface area contributed by atoms with Crippen LogP contribution in [0.3, 0.4) is 0 Å². The van der Waals surface area contributed by atoms with E-state index in [1.54, 1.807) is 0 Å². The number of pyridine rings is 1. The molecule has 0 saturated heterocycles. The number of aromatic nitrogens is 1. The standard InChI is InChI=1S/C17H21NO2/c1-13-7-8-16-15(12-13)14(2)9-11-18(16)10-5-3-4-6-17(19)20/h7-9,11-12H,3-6,10H2,1-2H3/p+1. The van der Waals surface area contributed by atoms with E-state index in [4.69, 9.17) is 5.11 Å². The molecule has 0 bridgehead atoms. The van der Waals surface area contributed by atoms with Crippen molar-refractivity contribution in [2.24, 2.45) is 0 Å². The van der Waals surface area contributed by atoms with E-state index < -0.39 is 5.97 Å². The summed E-state index contributed by atoms with van der Waals surface area (Å²) in [5.74, 6) is -0.700. The van der Waals surface area contributed by atoms with E-state index in [0.717, 1.165) is 25.8 Å². The maximum Gasteiger partial charge on any atom is 0.303 e. The zero-order valence-corrected chi connectivity index (χ0v) is 12.2. The lowest BCUT2D eigenvalue weighted by molar-refractivity contribution is -0.671. The summed E-state index contributed by atoms with van der Waals surface area (Å²) in [5.41, 5.74) is 3.83. The van der Waals surface area contributed by atoms with Crippen LogP contribution in [0, 0.1) is 13.8 Å². The van der Waals surface area contributed by atoms with Crippen LogP contribution in [0.5, 0.6) is 0 Å². The second-order valence-electron chi connectivity index (χ2n) is 5.42. The smallest absolute Gasteiger partial charge is 0.303 e. The first kappa shape index (κ1) is 14.5. The van der Waals surface area contributed by atoms with Crippen LogP contribution in [0.1, 0.15) is 36.8 Å². The number of hydrogen-bond donors (Lipinski definition) is 1. The van der Waals surface area contributed by atoms with Crippen LogP contribution in [0.15, 0.2) is 30.5 Å². The molecular weight excluding hydrogens is 250 g/mol. The minimum atomic E-state index is -0.700. The molecule has 0 radical (unpaired) electrons. The molecule has 0 spiro atoms. The quantitative estimate of drug-likeness (QED) is 0.647. The summed E-state index contributed by atoms with van der Waals surface area (Å²) in [5, 5.41) is 9.93. The number of carbonyl (C=O) groups is 1. The topological polar surface area (TPSA) is 41.2 Å². The molecular formula is C17H22NO2+. The van der Waals surface area contributed by atoms with E-state index in [-0.39, 0.29) is 6.42 Å². The van der Waals surface area contributed by atoms with Crippen LogP contribution in [0.2, 0.25) is 0 Å². The van der Waals surface area contributed by atoms with Gasteiger partial charge in [0.05, 0.1) is 0 Å². The molecule has 1 N–H and O–H groups in total. The Hall–Kier alpha value is -1.90. The minimum absolute atomic E-state index is 0.276. The molecule has 0 aliphatic carbocycles. The number of carboxylic acids is 1. The van der Waals surface area contributed by atoms with Crippen LogP contribution >= 0.6 is 0 Å². The molecule has 3 nitrogen and oxygen atoms in total. The highest BCUT2D eigenvalue weighted by Gasteiger charge is 2.10. The predicted octanol–water partition coefficient (Wildman–Crippen LogP) is 3.39. The molecule has 0 atom stereocenters. The second-order valence-corrected chi connectivity index (χ2v) is 5.42. The lowest BCUT2D eigenvalue weighted by atomic mass is 10.1. The van der Waals surface area contributed by atoms with Gasteiger partial charge in [0.1, 0.15) is 6.54 Å². The first-order valence-corrected chi connectivity index (χ1v) is 7.19. The predicted molar refractivity (Wildman–Crippen MR) is 79.7 cm³/mol. The highest BCUT2D eigenvalue weighted by atomic mass is 16.4. The van der Waals surface area contributed by atoms with Crippen molar-refractivity contribution >= 4 is 16.9 Å². The highest BCUT2D eigenvalue weighted by molar-refractivity contribution is 5.79. The molecule has 1 aromatic heterocycles. The first-order chi connectivity index (χ1) is 9.58. The van der Waals surface area contributed by atoms with Gasteiger partial charge < -0.3 is 5.11 Å². The maximum absolute atomic E-state index is 10.5. The lowest BCUT2D eigenvalue weighted by Crippen LogP contribution is -2.34. The molecule has 0 fully saturated rings. The van der Waals surface area contributed by atoms with Gasteiger partial charge in [-0.3, -0.25) is 4.79 Å². The largest absolute Gasteiger partial charge is 0.481 e. The SMILES string of the molecule is Cc1ccc2c(c1)c(C)cc[n+]2CCCCCC(=O)O. The van der Waals surface area contributed by atoms with Gasteiger partial charge in [-0.15, -0.1) is 0 Å². The highest BCUT2D eigenvalue weighted by Crippen LogP contribution is 2.16. The summed E-state index contributed by atoms with van der Waals surface area (Å²) < 4.78 is 2.27. The zero-order valence-electron chi connectivity index (χ0n) is 12.2. The normalized spacial score (nSPS) is 10.9. The van der Waals surface area contributed by atoms with Crippen molar-refractivity contribution in [1.29, 1.82) is 0 Å². The third-order valence-electron chi connectivity index (χ3n) is 3.68. The average molecular weight is 272 g/mol. The average Bonchev–Trinajstić information content (AvgIpc) is 2.41. The fourth-order valence-corrected chi connectivity index (χ4v) is 2.52. The van der Waals surface area contributed by atoms with Crippen molar-refractivity contribution in [3.8, 4) is 0 Å². The van der Waals surface area contributed by atoms with Gasteiger partial charge in [-0.1, -0.05) is 11.6 Å². The molecule has 3 heteroatoms. The number of nitrogens with zero attached hydrogens (tertiary/aromatic N) is 1. The molecule has 0 saturated carbocycles. The Balaban J connectivity index is 2.07. The second kappa shape index (κ2) is 6.51. The number of aryl methyl sites for hydroxylation is 3. The number of rotatable bonds is 6. The van der Waals surface area contributed by atoms with E-state index >= 15 is 0 Å². The molecule has 20 heavy (non-hydrogen) atoms. The number of carboxylic acid groups (broad SMARTS) is 1. The van der Waals surface area contributed by atoms with Crippen molar-refractivity contribution in [1.82, 2.24) is 0 Å². The summed E-state index contributed by atoms with van der Waals surface area (Å²) in [7, 11) is 0. The Bertz CT molecular complexity index is 620. The van der Waals surface area contributed by atoms with Crippen molar-refractivity contribution in [2.75, 3.05) is 0 Å². The molecule has 2 aromatic rings. The maximum atomic E-state index is 10.5. The van der Waals surface area contributed by atoms with E-state index in [0.29, 0.717) is 0 Å². The summed E-state index contributed by atoms with van der Waals surface area (Å²) in [6, 6.07) is 8.70. The van der Waals surface area contributed by atoms with E-state index in [1.807, 2.05) is 0 Å². The monoisotopic (exact) mass is 272 g/mol. The number of hydrogen-bond acceptors (Lipinski definition) is 1. The first-order valence-electron chi connectivity index (χ1n) is 7.19. The molecule has 106 valence electrons. The van der Waals surface area contributed by atoms with E-state index in [1.165, 1.54) is 22.0 Å². The molecule has 0 unspecified atom stereocenters. The van der Waals surface area contributed by atoms with Crippen LogP contribution in [-0.4, -0.2) is 11.1 Å². The molecule has 2 rings (SSSR count). The lowest BCUT2D eigenvalue weighted by Gasteiger charge is -2.05. The molecule has 0 amide bonds. The van der Waals surface area contributed by atoms with Crippen molar-refractivity contribution < 1.29 is 14.5 Å². The van der Waals surface area contributed by atoms with Crippen LogP contribution in [0.25, 0.3) is 10.9 Å². The van der Waals surface area contributed by atoms with Crippen molar-refractivity contribution in [2.45, 2.75) is 46.1 Å². The van der Waals surface area contributed by atoms with Gasteiger partial charge in [0.15, 0.2) is 6.20 Å². The van der Waals surface area contributed by atoms with Crippen LogP contribution in [0.4, 0.5) is 0 Å². The van der Waals surface area contributed by atoms with Gasteiger partial charge in [-0.25, -0.2) is 0 Å². The third kappa shape index (κ3) is 3.56. The summed E-state index contributed by atoms with van der Waals surface area (Å²) in [6.45, 7) is 5.19. The molecule has 0 aliphatic heterocycles. The Kier molecular flexibility index (Phi) is 4.72. The molecule has 0 aliphatic rings. The fourth-order valence-electron chi connectivity index (χ4n) is 2.52. The number of fused-ring (bicyclic) bond motifs is 1. The van der Waals surface area contributed by atoms with Gasteiger partial charge in [-0.05, 0) is 38.3 Å². The molecule has 1 aromatic carbocycles. The fraction of sp³-hybridized carbons (Fsp3) is 0.412. The van der Waals surface area contributed by atoms with Crippen molar-refractivity contribution in [3.05, 3.63) is 41.6 Å². The number of aliphatic carboxylic acids is 1. The number of unbranched alkanes of at least 4 members (excludes halogenated alkanes) is 2. The third-order valence-corrected chi connectivity index (χ3v) is 3.68. The van der Waals surface area contributed by atoms with E-state index in [9.17, 15) is 4.79 Å².